The maximum Gasteiger partial charge on any atom is 0.336 e. The number of thioether (sulfide) groups is 1. The molecule has 2 aliphatic rings. The molecule has 0 saturated heterocycles. The van der Waals surface area contributed by atoms with Crippen molar-refractivity contribution in [3.8, 4) is 0 Å². The van der Waals surface area contributed by atoms with Crippen LogP contribution in [0.3, 0.4) is 0 Å². The van der Waals surface area contributed by atoms with Gasteiger partial charge in [0.15, 0.2) is 0 Å². The van der Waals surface area contributed by atoms with Gasteiger partial charge in [-0.1, -0.05) is 17.2 Å². The van der Waals surface area contributed by atoms with Crippen molar-refractivity contribution in [1.82, 2.24) is 0 Å². The minimum absolute atomic E-state index is 0.0315. The van der Waals surface area contributed by atoms with E-state index in [1.807, 2.05) is 12.3 Å². The molecule has 0 N–H and O–H groups in total. The SMILES string of the molecule is CCOC(=O)C1=CN=C(Cl)C2C(C)=CSC12. The number of aliphatic imine (C=N–C) groups is 1. The molecule has 0 bridgehead atoms. The summed E-state index contributed by atoms with van der Waals surface area (Å²) in [7, 11) is 0. The van der Waals surface area contributed by atoms with Crippen molar-refractivity contribution in [2.45, 2.75) is 19.1 Å². The van der Waals surface area contributed by atoms with Crippen LogP contribution < -0.4 is 0 Å². The van der Waals surface area contributed by atoms with E-state index in [-0.39, 0.29) is 17.1 Å². The van der Waals surface area contributed by atoms with Crippen LogP contribution in [-0.4, -0.2) is 23.0 Å². The summed E-state index contributed by atoms with van der Waals surface area (Å²) in [6, 6.07) is 0. The molecule has 86 valence electrons. The molecule has 0 fully saturated rings. The van der Waals surface area contributed by atoms with Gasteiger partial charge in [0.1, 0.15) is 5.17 Å². The highest BCUT2D eigenvalue weighted by atomic mass is 35.5. The first-order chi connectivity index (χ1) is 7.65. The third-order valence-corrected chi connectivity index (χ3v) is 4.25. The Morgan fingerprint density at radius 2 is 2.44 bits per heavy atom. The number of fused-ring (bicyclic) bond motifs is 1. The molecule has 3 nitrogen and oxygen atoms in total. The fourth-order valence-electron chi connectivity index (χ4n) is 1.81. The second-order valence-electron chi connectivity index (χ2n) is 3.65. The summed E-state index contributed by atoms with van der Waals surface area (Å²) in [5.74, 6) is -0.253. The van der Waals surface area contributed by atoms with Crippen molar-refractivity contribution in [3.05, 3.63) is 22.8 Å². The van der Waals surface area contributed by atoms with E-state index < -0.39 is 0 Å². The Morgan fingerprint density at radius 1 is 1.69 bits per heavy atom. The van der Waals surface area contributed by atoms with Gasteiger partial charge in [0, 0.05) is 6.20 Å². The average Bonchev–Trinajstić information content (AvgIpc) is 2.62. The van der Waals surface area contributed by atoms with Crippen LogP contribution in [0.2, 0.25) is 0 Å². The summed E-state index contributed by atoms with van der Waals surface area (Å²) >= 11 is 7.66. The van der Waals surface area contributed by atoms with Gasteiger partial charge in [-0.2, -0.15) is 0 Å². The second kappa shape index (κ2) is 4.63. The van der Waals surface area contributed by atoms with Gasteiger partial charge in [-0.05, 0) is 19.3 Å². The van der Waals surface area contributed by atoms with Crippen LogP contribution in [0, 0.1) is 5.92 Å². The lowest BCUT2D eigenvalue weighted by molar-refractivity contribution is -0.138. The molecule has 0 aromatic carbocycles. The quantitative estimate of drug-likeness (QED) is 0.714. The Morgan fingerprint density at radius 3 is 3.12 bits per heavy atom. The number of hydrogen-bond donors (Lipinski definition) is 0. The zero-order valence-electron chi connectivity index (χ0n) is 9.07. The van der Waals surface area contributed by atoms with Gasteiger partial charge in [0.2, 0.25) is 0 Å². The predicted molar refractivity (Wildman–Crippen MR) is 66.6 cm³/mol. The fraction of sp³-hybridized carbons (Fsp3) is 0.455. The molecule has 2 aliphatic heterocycles. The minimum atomic E-state index is -0.291. The molecular formula is C11H12ClNO2S. The predicted octanol–water partition coefficient (Wildman–Crippen LogP) is 2.72. The van der Waals surface area contributed by atoms with Gasteiger partial charge in [-0.15, -0.1) is 11.8 Å². The lowest BCUT2D eigenvalue weighted by atomic mass is 9.93. The molecule has 16 heavy (non-hydrogen) atoms. The van der Waals surface area contributed by atoms with Crippen molar-refractivity contribution in [2.75, 3.05) is 6.61 Å². The number of nitrogens with zero attached hydrogens (tertiary/aromatic N) is 1. The van der Waals surface area contributed by atoms with E-state index in [2.05, 4.69) is 4.99 Å². The van der Waals surface area contributed by atoms with E-state index in [1.165, 1.54) is 6.20 Å². The third kappa shape index (κ3) is 1.92. The van der Waals surface area contributed by atoms with Gasteiger partial charge >= 0.3 is 5.97 Å². The van der Waals surface area contributed by atoms with Gasteiger partial charge in [-0.25, -0.2) is 9.79 Å². The maximum absolute atomic E-state index is 11.7. The first kappa shape index (κ1) is 11.7. The molecule has 0 amide bonds. The zero-order valence-corrected chi connectivity index (χ0v) is 10.6. The molecule has 2 rings (SSSR count). The van der Waals surface area contributed by atoms with Gasteiger partial charge in [0.25, 0.3) is 0 Å². The molecule has 0 radical (unpaired) electrons. The Balaban J connectivity index is 2.26. The molecule has 5 heteroatoms. The van der Waals surface area contributed by atoms with Crippen LogP contribution in [0.5, 0.6) is 0 Å². The van der Waals surface area contributed by atoms with Gasteiger partial charge in [0.05, 0.1) is 23.3 Å². The van der Waals surface area contributed by atoms with Crippen LogP contribution >= 0.6 is 23.4 Å². The van der Waals surface area contributed by atoms with Crippen molar-refractivity contribution in [2.24, 2.45) is 10.9 Å². The number of rotatable bonds is 2. The molecule has 0 aromatic rings. The topological polar surface area (TPSA) is 38.7 Å². The number of halogens is 1. The van der Waals surface area contributed by atoms with E-state index in [4.69, 9.17) is 16.3 Å². The summed E-state index contributed by atoms with van der Waals surface area (Å²) in [5.41, 5.74) is 1.76. The molecule has 2 heterocycles. The average molecular weight is 258 g/mol. The molecule has 0 aliphatic carbocycles. The smallest absolute Gasteiger partial charge is 0.336 e. The molecule has 0 aromatic heterocycles. The van der Waals surface area contributed by atoms with Gasteiger partial charge in [-0.3, -0.25) is 0 Å². The maximum atomic E-state index is 11.7. The van der Waals surface area contributed by atoms with E-state index in [0.717, 1.165) is 5.57 Å². The number of hydrogen-bond acceptors (Lipinski definition) is 4. The minimum Gasteiger partial charge on any atom is -0.463 e. The van der Waals surface area contributed by atoms with Crippen molar-refractivity contribution < 1.29 is 9.53 Å². The van der Waals surface area contributed by atoms with Crippen LogP contribution in [-0.2, 0) is 9.53 Å². The summed E-state index contributed by atoms with van der Waals surface area (Å²) in [6.45, 7) is 4.17. The molecule has 0 saturated carbocycles. The van der Waals surface area contributed by atoms with Crippen molar-refractivity contribution in [1.29, 1.82) is 0 Å². The Bertz CT molecular complexity index is 414. The highest BCUT2D eigenvalue weighted by Gasteiger charge is 2.39. The monoisotopic (exact) mass is 257 g/mol. The van der Waals surface area contributed by atoms with E-state index in [0.29, 0.717) is 17.4 Å². The Kier molecular flexibility index (Phi) is 3.40. The third-order valence-electron chi connectivity index (χ3n) is 2.60. The summed E-state index contributed by atoms with van der Waals surface area (Å²) in [4.78, 5) is 15.8. The van der Waals surface area contributed by atoms with E-state index >= 15 is 0 Å². The van der Waals surface area contributed by atoms with Crippen LogP contribution in [0.4, 0.5) is 0 Å². The van der Waals surface area contributed by atoms with Crippen molar-refractivity contribution >= 4 is 34.5 Å². The Labute approximate surface area is 104 Å². The fourth-order valence-corrected chi connectivity index (χ4v) is 3.54. The lowest BCUT2D eigenvalue weighted by Gasteiger charge is -2.23. The molecule has 2 unspecified atom stereocenters. The van der Waals surface area contributed by atoms with E-state index in [9.17, 15) is 4.79 Å². The molecule has 0 spiro atoms. The number of allylic oxidation sites excluding steroid dienone is 1. The second-order valence-corrected chi connectivity index (χ2v) is 5.06. The Hall–Kier alpha value is -0.740. The van der Waals surface area contributed by atoms with Crippen LogP contribution in [0.25, 0.3) is 0 Å². The number of carbonyl (C=O) groups is 1. The van der Waals surface area contributed by atoms with Crippen molar-refractivity contribution in [3.63, 3.8) is 0 Å². The molecular weight excluding hydrogens is 246 g/mol. The number of ether oxygens (including phenoxy) is 1. The highest BCUT2D eigenvalue weighted by Crippen LogP contribution is 2.43. The first-order valence-electron chi connectivity index (χ1n) is 5.07. The zero-order chi connectivity index (χ0) is 11.7. The largest absolute Gasteiger partial charge is 0.463 e. The van der Waals surface area contributed by atoms with Crippen LogP contribution in [0.1, 0.15) is 13.8 Å². The number of carbonyl (C=O) groups excluding carboxylic acids is 1. The summed E-state index contributed by atoms with van der Waals surface area (Å²) in [6.07, 6.45) is 1.53. The first-order valence-corrected chi connectivity index (χ1v) is 6.39. The lowest BCUT2D eigenvalue weighted by Crippen LogP contribution is -2.29. The molecule has 2 atom stereocenters. The highest BCUT2D eigenvalue weighted by molar-refractivity contribution is 8.03. The summed E-state index contributed by atoms with van der Waals surface area (Å²) in [5, 5.41) is 2.62. The normalized spacial score (nSPS) is 27.8. The van der Waals surface area contributed by atoms with Crippen LogP contribution in [0.15, 0.2) is 27.7 Å². The standard InChI is InChI=1S/C11H12ClNO2S/c1-3-15-11(14)7-4-13-10(12)8-6(2)5-16-9(7)8/h4-5,8-9H,3H2,1-2H3. The summed E-state index contributed by atoms with van der Waals surface area (Å²) < 4.78 is 5.00. The number of esters is 1. The van der Waals surface area contributed by atoms with E-state index in [1.54, 1.807) is 18.7 Å². The van der Waals surface area contributed by atoms with Gasteiger partial charge < -0.3 is 4.74 Å².